The van der Waals surface area contributed by atoms with Gasteiger partial charge in [-0.15, -0.1) is 0 Å². The first-order valence-corrected chi connectivity index (χ1v) is 8.56. The second-order valence-corrected chi connectivity index (χ2v) is 6.80. The molecule has 4 nitrogen and oxygen atoms in total. The highest BCUT2D eigenvalue weighted by Gasteiger charge is 2.32. The summed E-state index contributed by atoms with van der Waals surface area (Å²) >= 11 is 0. The summed E-state index contributed by atoms with van der Waals surface area (Å²) < 4.78 is 29.7. The molecule has 0 amide bonds. The van der Waals surface area contributed by atoms with Gasteiger partial charge in [-0.2, -0.15) is 8.42 Å². The monoisotopic (exact) mass is 320 g/mol. The quantitative estimate of drug-likeness (QED) is 0.797. The second kappa shape index (κ2) is 7.05. The van der Waals surface area contributed by atoms with E-state index in [9.17, 15) is 13.5 Å². The van der Waals surface area contributed by atoms with Crippen LogP contribution in [0.25, 0.3) is 0 Å². The fourth-order valence-corrected chi connectivity index (χ4v) is 3.28. The van der Waals surface area contributed by atoms with Crippen molar-refractivity contribution in [2.45, 2.75) is 23.7 Å². The summed E-state index contributed by atoms with van der Waals surface area (Å²) in [6.07, 6.45) is 0.567. The Kier molecular flexibility index (Phi) is 5.34. The smallest absolute Gasteiger partial charge is 0.297 e. The molecule has 0 aliphatic carbocycles. The van der Waals surface area contributed by atoms with E-state index in [1.807, 2.05) is 37.3 Å². The van der Waals surface area contributed by atoms with Crippen molar-refractivity contribution in [2.75, 3.05) is 13.2 Å². The van der Waals surface area contributed by atoms with Crippen molar-refractivity contribution in [2.24, 2.45) is 0 Å². The lowest BCUT2D eigenvalue weighted by molar-refractivity contribution is 0.128. The number of hydrogen-bond acceptors (Lipinski definition) is 4. The number of aliphatic hydroxyl groups is 1. The normalized spacial score (nSPS) is 14.5. The summed E-state index contributed by atoms with van der Waals surface area (Å²) in [5, 5.41) is 9.82. The summed E-state index contributed by atoms with van der Waals surface area (Å²) in [6.45, 7) is 1.63. The molecule has 2 rings (SSSR count). The molecule has 2 aromatic carbocycles. The van der Waals surface area contributed by atoms with Crippen LogP contribution >= 0.6 is 0 Å². The molecule has 0 radical (unpaired) electrons. The van der Waals surface area contributed by atoms with E-state index >= 15 is 0 Å². The van der Waals surface area contributed by atoms with Crippen LogP contribution in [0.15, 0.2) is 65.6 Å². The van der Waals surface area contributed by atoms with E-state index in [2.05, 4.69) is 0 Å². The van der Waals surface area contributed by atoms with Gasteiger partial charge in [0, 0.05) is 5.41 Å². The molecule has 0 unspecified atom stereocenters. The second-order valence-electron chi connectivity index (χ2n) is 5.19. The van der Waals surface area contributed by atoms with Gasteiger partial charge in [-0.05, 0) is 24.1 Å². The van der Waals surface area contributed by atoms with Gasteiger partial charge in [-0.3, -0.25) is 4.18 Å². The molecule has 0 saturated carbocycles. The molecule has 0 aliphatic rings. The number of benzene rings is 2. The summed E-state index contributed by atoms with van der Waals surface area (Å²) in [4.78, 5) is 0.117. The van der Waals surface area contributed by atoms with Crippen LogP contribution in [-0.2, 0) is 19.7 Å². The van der Waals surface area contributed by atoms with Crippen LogP contribution < -0.4 is 0 Å². The number of hydrogen-bond donors (Lipinski definition) is 1. The molecule has 1 atom stereocenters. The molecular formula is C17H20O4S. The molecular weight excluding hydrogens is 300 g/mol. The average molecular weight is 320 g/mol. The fourth-order valence-electron chi connectivity index (χ4n) is 2.28. The van der Waals surface area contributed by atoms with E-state index in [4.69, 9.17) is 4.18 Å². The molecule has 1 N–H and O–H groups in total. The standard InChI is InChI=1S/C17H20O4S/c1-2-17(13-18,15-9-5-3-6-10-15)14-21-22(19,20)16-11-7-4-8-12-16/h3-12,18H,2,13-14H2,1H3/t17-/m1/s1. The van der Waals surface area contributed by atoms with Crippen LogP contribution in [-0.4, -0.2) is 26.7 Å². The minimum atomic E-state index is -3.83. The van der Waals surface area contributed by atoms with E-state index in [0.29, 0.717) is 6.42 Å². The zero-order valence-electron chi connectivity index (χ0n) is 12.5. The predicted molar refractivity (Wildman–Crippen MR) is 85.1 cm³/mol. The lowest BCUT2D eigenvalue weighted by Gasteiger charge is -2.30. The predicted octanol–water partition coefficient (Wildman–Crippen LogP) is 2.73. The maximum absolute atomic E-state index is 12.2. The Morgan fingerprint density at radius 1 is 1.00 bits per heavy atom. The first kappa shape index (κ1) is 16.7. The van der Waals surface area contributed by atoms with Crippen LogP contribution in [0, 0.1) is 0 Å². The Balaban J connectivity index is 2.23. The number of aliphatic hydroxyl groups excluding tert-OH is 1. The first-order valence-electron chi connectivity index (χ1n) is 7.15. The third-order valence-electron chi connectivity index (χ3n) is 3.89. The summed E-state index contributed by atoms with van der Waals surface area (Å²) in [5.74, 6) is 0. The third kappa shape index (κ3) is 3.55. The Hall–Kier alpha value is -1.69. The van der Waals surface area contributed by atoms with Crippen LogP contribution in [0.4, 0.5) is 0 Å². The Morgan fingerprint density at radius 3 is 2.05 bits per heavy atom. The zero-order valence-corrected chi connectivity index (χ0v) is 13.3. The maximum atomic E-state index is 12.2. The highest BCUT2D eigenvalue weighted by Crippen LogP contribution is 2.29. The lowest BCUT2D eigenvalue weighted by atomic mass is 9.80. The lowest BCUT2D eigenvalue weighted by Crippen LogP contribution is -2.36. The van der Waals surface area contributed by atoms with Crippen molar-refractivity contribution >= 4 is 10.1 Å². The molecule has 118 valence electrons. The van der Waals surface area contributed by atoms with Gasteiger partial charge >= 0.3 is 0 Å². The number of rotatable bonds is 7. The van der Waals surface area contributed by atoms with Crippen molar-refractivity contribution in [1.82, 2.24) is 0 Å². The van der Waals surface area contributed by atoms with Crippen molar-refractivity contribution < 1.29 is 17.7 Å². The molecule has 0 heterocycles. The topological polar surface area (TPSA) is 63.6 Å². The molecule has 0 aliphatic heterocycles. The molecule has 0 aromatic heterocycles. The molecule has 0 saturated heterocycles. The minimum Gasteiger partial charge on any atom is -0.395 e. The molecule has 5 heteroatoms. The zero-order chi connectivity index (χ0) is 16.1. The third-order valence-corrected chi connectivity index (χ3v) is 5.17. The van der Waals surface area contributed by atoms with Gasteiger partial charge in [0.25, 0.3) is 10.1 Å². The largest absolute Gasteiger partial charge is 0.395 e. The van der Waals surface area contributed by atoms with Crippen molar-refractivity contribution in [3.8, 4) is 0 Å². The maximum Gasteiger partial charge on any atom is 0.297 e. The van der Waals surface area contributed by atoms with Crippen LogP contribution in [0.3, 0.4) is 0 Å². The van der Waals surface area contributed by atoms with Gasteiger partial charge < -0.3 is 5.11 Å². The van der Waals surface area contributed by atoms with Gasteiger partial charge in [0.2, 0.25) is 0 Å². The van der Waals surface area contributed by atoms with E-state index in [1.165, 1.54) is 12.1 Å². The van der Waals surface area contributed by atoms with E-state index in [-0.39, 0.29) is 18.1 Å². The van der Waals surface area contributed by atoms with Gasteiger partial charge in [0.05, 0.1) is 18.1 Å². The van der Waals surface area contributed by atoms with Crippen LogP contribution in [0.2, 0.25) is 0 Å². The SMILES string of the molecule is CC[C@@](CO)(COS(=O)(=O)c1ccccc1)c1ccccc1. The Morgan fingerprint density at radius 2 is 1.55 bits per heavy atom. The molecule has 2 aromatic rings. The van der Waals surface area contributed by atoms with Crippen molar-refractivity contribution in [3.63, 3.8) is 0 Å². The van der Waals surface area contributed by atoms with Crippen molar-refractivity contribution in [1.29, 1.82) is 0 Å². The molecule has 0 fully saturated rings. The van der Waals surface area contributed by atoms with Crippen LogP contribution in [0.5, 0.6) is 0 Å². The minimum absolute atomic E-state index is 0.0960. The van der Waals surface area contributed by atoms with Crippen LogP contribution in [0.1, 0.15) is 18.9 Å². The fraction of sp³-hybridized carbons (Fsp3) is 0.294. The van der Waals surface area contributed by atoms with Gasteiger partial charge in [-0.25, -0.2) is 0 Å². The summed E-state index contributed by atoms with van der Waals surface area (Å²) in [5.41, 5.74) is 0.131. The Labute approximate surface area is 131 Å². The Bertz CT molecular complexity index is 677. The van der Waals surface area contributed by atoms with E-state index in [1.54, 1.807) is 18.2 Å². The first-order chi connectivity index (χ1) is 10.5. The van der Waals surface area contributed by atoms with Gasteiger partial charge in [0.15, 0.2) is 0 Å². The van der Waals surface area contributed by atoms with E-state index in [0.717, 1.165) is 5.56 Å². The highest BCUT2D eigenvalue weighted by atomic mass is 32.2. The van der Waals surface area contributed by atoms with Gasteiger partial charge in [0.1, 0.15) is 0 Å². The highest BCUT2D eigenvalue weighted by molar-refractivity contribution is 7.86. The molecule has 22 heavy (non-hydrogen) atoms. The average Bonchev–Trinajstić information content (AvgIpc) is 2.58. The van der Waals surface area contributed by atoms with Gasteiger partial charge in [-0.1, -0.05) is 55.5 Å². The van der Waals surface area contributed by atoms with Crippen molar-refractivity contribution in [3.05, 3.63) is 66.2 Å². The molecule has 0 bridgehead atoms. The summed E-state index contributed by atoms with van der Waals surface area (Å²) in [7, 11) is -3.83. The van der Waals surface area contributed by atoms with E-state index < -0.39 is 15.5 Å². The summed E-state index contributed by atoms with van der Waals surface area (Å²) in [6, 6.07) is 17.4. The molecule has 0 spiro atoms.